The minimum atomic E-state index is 0.301. The van der Waals surface area contributed by atoms with Crippen LogP contribution in [0.1, 0.15) is 44.9 Å². The van der Waals surface area contributed by atoms with Crippen molar-refractivity contribution in [1.29, 1.82) is 0 Å². The number of hydrogen-bond donors (Lipinski definition) is 0. The lowest BCUT2D eigenvalue weighted by atomic mass is 9.87. The van der Waals surface area contributed by atoms with Gasteiger partial charge in [0, 0.05) is 51.2 Å². The Balaban J connectivity index is 1.32. The van der Waals surface area contributed by atoms with Crippen molar-refractivity contribution in [2.24, 2.45) is 5.92 Å². The van der Waals surface area contributed by atoms with Gasteiger partial charge in [-0.15, -0.1) is 0 Å². The second-order valence-corrected chi connectivity index (χ2v) is 8.61. The first-order valence-electron chi connectivity index (χ1n) is 11.2. The highest BCUT2D eigenvalue weighted by molar-refractivity contribution is 5.79. The molecule has 2 saturated heterocycles. The van der Waals surface area contributed by atoms with Crippen molar-refractivity contribution in [3.05, 3.63) is 24.3 Å². The topological polar surface area (TPSA) is 36.0 Å². The van der Waals surface area contributed by atoms with Crippen LogP contribution in [0.25, 0.3) is 0 Å². The summed E-state index contributed by atoms with van der Waals surface area (Å²) < 4.78 is 5.54. The van der Waals surface area contributed by atoms with Crippen LogP contribution in [0.15, 0.2) is 24.3 Å². The minimum Gasteiger partial charge on any atom is -0.495 e. The Bertz CT molecular complexity index is 651. The number of rotatable bonds is 4. The molecule has 4 rings (SSSR count). The van der Waals surface area contributed by atoms with Gasteiger partial charge >= 0.3 is 0 Å². The maximum Gasteiger partial charge on any atom is 0.225 e. The zero-order valence-electron chi connectivity index (χ0n) is 17.3. The molecular formula is C23H35N3O2. The zero-order valence-corrected chi connectivity index (χ0v) is 17.3. The number of anilines is 1. The third-order valence-electron chi connectivity index (χ3n) is 6.92. The molecule has 1 aliphatic carbocycles. The van der Waals surface area contributed by atoms with Gasteiger partial charge in [-0.3, -0.25) is 9.69 Å². The number of carbonyl (C=O) groups excluding carboxylic acids is 1. The molecule has 1 aromatic carbocycles. The third kappa shape index (κ3) is 4.29. The van der Waals surface area contributed by atoms with Crippen LogP contribution in [0.2, 0.25) is 0 Å². The van der Waals surface area contributed by atoms with Crippen molar-refractivity contribution in [3.8, 4) is 5.75 Å². The molecule has 5 heteroatoms. The van der Waals surface area contributed by atoms with E-state index in [0.717, 1.165) is 64.3 Å². The number of amides is 1. The Kier molecular flexibility index (Phi) is 6.40. The lowest BCUT2D eigenvalue weighted by Gasteiger charge is -2.44. The molecule has 2 heterocycles. The van der Waals surface area contributed by atoms with Gasteiger partial charge in [0.2, 0.25) is 5.91 Å². The van der Waals surface area contributed by atoms with Crippen LogP contribution in [0.3, 0.4) is 0 Å². The van der Waals surface area contributed by atoms with E-state index in [2.05, 4.69) is 26.8 Å². The number of piperidine rings is 1. The Morgan fingerprint density at radius 3 is 2.43 bits per heavy atom. The van der Waals surface area contributed by atoms with Crippen molar-refractivity contribution in [2.45, 2.75) is 51.0 Å². The van der Waals surface area contributed by atoms with E-state index in [4.69, 9.17) is 4.74 Å². The van der Waals surface area contributed by atoms with Gasteiger partial charge in [0.15, 0.2) is 0 Å². The number of ether oxygens (including phenoxy) is 1. The molecule has 1 saturated carbocycles. The maximum absolute atomic E-state index is 13.0. The predicted molar refractivity (Wildman–Crippen MR) is 113 cm³/mol. The molecule has 0 unspecified atom stereocenters. The van der Waals surface area contributed by atoms with E-state index in [1.165, 1.54) is 31.4 Å². The molecule has 154 valence electrons. The van der Waals surface area contributed by atoms with Gasteiger partial charge < -0.3 is 14.5 Å². The number of methoxy groups -OCH3 is 1. The van der Waals surface area contributed by atoms with Crippen molar-refractivity contribution < 1.29 is 9.53 Å². The van der Waals surface area contributed by atoms with Crippen LogP contribution >= 0.6 is 0 Å². The first kappa shape index (κ1) is 19.6. The fraction of sp³-hybridized carbons (Fsp3) is 0.696. The quantitative estimate of drug-likeness (QED) is 0.796. The average molecular weight is 386 g/mol. The minimum absolute atomic E-state index is 0.301. The molecular weight excluding hydrogens is 350 g/mol. The number of para-hydroxylation sites is 2. The smallest absolute Gasteiger partial charge is 0.225 e. The number of hydrogen-bond acceptors (Lipinski definition) is 4. The van der Waals surface area contributed by atoms with Crippen molar-refractivity contribution in [1.82, 2.24) is 9.80 Å². The predicted octanol–water partition coefficient (Wildman–Crippen LogP) is 3.39. The van der Waals surface area contributed by atoms with E-state index in [0.29, 0.717) is 17.9 Å². The van der Waals surface area contributed by atoms with Gasteiger partial charge in [0.05, 0.1) is 12.8 Å². The van der Waals surface area contributed by atoms with Gasteiger partial charge in [-0.25, -0.2) is 0 Å². The largest absolute Gasteiger partial charge is 0.495 e. The molecule has 0 radical (unpaired) electrons. The van der Waals surface area contributed by atoms with Gasteiger partial charge in [-0.05, 0) is 37.8 Å². The van der Waals surface area contributed by atoms with Crippen molar-refractivity contribution in [3.63, 3.8) is 0 Å². The average Bonchev–Trinajstić information content (AvgIpc) is 2.79. The molecule has 0 spiro atoms. The fourth-order valence-corrected chi connectivity index (χ4v) is 5.28. The molecule has 5 nitrogen and oxygen atoms in total. The molecule has 1 atom stereocenters. The molecule has 1 amide bonds. The Labute approximate surface area is 169 Å². The van der Waals surface area contributed by atoms with Crippen LogP contribution in [-0.4, -0.2) is 68.1 Å². The normalized spacial score (nSPS) is 25.0. The molecule has 0 aromatic heterocycles. The van der Waals surface area contributed by atoms with Gasteiger partial charge in [0.1, 0.15) is 5.75 Å². The lowest BCUT2D eigenvalue weighted by molar-refractivity contribution is -0.138. The van der Waals surface area contributed by atoms with Crippen LogP contribution in [-0.2, 0) is 4.79 Å². The number of benzene rings is 1. The van der Waals surface area contributed by atoms with E-state index >= 15 is 0 Å². The zero-order chi connectivity index (χ0) is 19.3. The first-order chi connectivity index (χ1) is 13.8. The number of likely N-dealkylation sites (tertiary alicyclic amines) is 1. The summed E-state index contributed by atoms with van der Waals surface area (Å²) in [5.74, 6) is 1.70. The Hall–Kier alpha value is -1.75. The molecule has 0 bridgehead atoms. The van der Waals surface area contributed by atoms with Crippen LogP contribution in [0, 0.1) is 5.92 Å². The molecule has 0 N–H and O–H groups in total. The standard InChI is InChI=1S/C23H35N3O2/c1-28-22-12-6-5-11-21(22)25-16-14-24(15-17-25)20-10-7-13-26(18-20)23(27)19-8-3-2-4-9-19/h5-6,11-12,19-20H,2-4,7-10,13-18H2,1H3/t20-/m1/s1. The Morgan fingerprint density at radius 2 is 1.68 bits per heavy atom. The molecule has 3 aliphatic rings. The summed E-state index contributed by atoms with van der Waals surface area (Å²) in [6.07, 6.45) is 8.37. The summed E-state index contributed by atoms with van der Waals surface area (Å²) in [5, 5.41) is 0. The van der Waals surface area contributed by atoms with Crippen molar-refractivity contribution in [2.75, 3.05) is 51.3 Å². The van der Waals surface area contributed by atoms with Gasteiger partial charge in [-0.2, -0.15) is 0 Å². The molecule has 28 heavy (non-hydrogen) atoms. The summed E-state index contributed by atoms with van der Waals surface area (Å²) in [7, 11) is 1.75. The van der Waals surface area contributed by atoms with Crippen LogP contribution in [0.4, 0.5) is 5.69 Å². The highest BCUT2D eigenvalue weighted by atomic mass is 16.5. The summed E-state index contributed by atoms with van der Waals surface area (Å²) in [4.78, 5) is 20.2. The number of piperazine rings is 1. The maximum atomic E-state index is 13.0. The van der Waals surface area contributed by atoms with E-state index in [1.54, 1.807) is 7.11 Å². The summed E-state index contributed by atoms with van der Waals surface area (Å²) in [5.41, 5.74) is 1.20. The van der Waals surface area contributed by atoms with E-state index < -0.39 is 0 Å². The second-order valence-electron chi connectivity index (χ2n) is 8.61. The molecule has 1 aromatic rings. The first-order valence-corrected chi connectivity index (χ1v) is 11.2. The Morgan fingerprint density at radius 1 is 0.929 bits per heavy atom. The molecule has 2 aliphatic heterocycles. The highest BCUT2D eigenvalue weighted by Gasteiger charge is 2.33. The number of nitrogens with zero attached hydrogens (tertiary/aromatic N) is 3. The number of carbonyl (C=O) groups is 1. The third-order valence-corrected chi connectivity index (χ3v) is 6.92. The SMILES string of the molecule is COc1ccccc1N1CCN([C@@H]2CCCN(C(=O)C3CCCCC3)C2)CC1. The lowest BCUT2D eigenvalue weighted by Crippen LogP contribution is -2.56. The van der Waals surface area contributed by atoms with Crippen molar-refractivity contribution >= 4 is 11.6 Å². The molecule has 3 fully saturated rings. The highest BCUT2D eigenvalue weighted by Crippen LogP contribution is 2.30. The second kappa shape index (κ2) is 9.17. The van der Waals surface area contributed by atoms with Gasteiger partial charge in [-0.1, -0.05) is 31.4 Å². The van der Waals surface area contributed by atoms with E-state index in [1.807, 2.05) is 12.1 Å². The van der Waals surface area contributed by atoms with E-state index in [9.17, 15) is 4.79 Å². The summed E-state index contributed by atoms with van der Waals surface area (Å²) >= 11 is 0. The monoisotopic (exact) mass is 385 g/mol. The summed E-state index contributed by atoms with van der Waals surface area (Å²) in [6, 6.07) is 8.83. The van der Waals surface area contributed by atoms with Crippen LogP contribution < -0.4 is 9.64 Å². The van der Waals surface area contributed by atoms with Crippen LogP contribution in [0.5, 0.6) is 5.75 Å². The fourth-order valence-electron chi connectivity index (χ4n) is 5.28. The van der Waals surface area contributed by atoms with Gasteiger partial charge in [0.25, 0.3) is 0 Å². The summed E-state index contributed by atoms with van der Waals surface area (Å²) in [6.45, 7) is 6.07. The van der Waals surface area contributed by atoms with E-state index in [-0.39, 0.29) is 0 Å².